The van der Waals surface area contributed by atoms with Crippen LogP contribution in [0.5, 0.6) is 11.5 Å². The predicted octanol–water partition coefficient (Wildman–Crippen LogP) is 4.93. The summed E-state index contributed by atoms with van der Waals surface area (Å²) in [6.45, 7) is 2.69. The van der Waals surface area contributed by atoms with Crippen molar-refractivity contribution in [2.45, 2.75) is 13.5 Å². The van der Waals surface area contributed by atoms with Crippen LogP contribution in [0.3, 0.4) is 0 Å². The SMILES string of the molecule is CCOc1cc(/C=N\Nc2ccc([N+](=O)[O-])cc2[N+](=O)[O-])ccc1OCc1ccccc1. The van der Waals surface area contributed by atoms with E-state index >= 15 is 0 Å². The number of benzene rings is 3. The average Bonchev–Trinajstić information content (AvgIpc) is 2.79. The first-order valence-corrected chi connectivity index (χ1v) is 9.63. The molecule has 0 fully saturated rings. The van der Waals surface area contributed by atoms with E-state index in [2.05, 4.69) is 10.5 Å². The van der Waals surface area contributed by atoms with Gasteiger partial charge in [-0.1, -0.05) is 30.3 Å². The van der Waals surface area contributed by atoms with Crippen LogP contribution in [0.1, 0.15) is 18.1 Å². The summed E-state index contributed by atoms with van der Waals surface area (Å²) in [5, 5.41) is 26.1. The van der Waals surface area contributed by atoms with Crippen molar-refractivity contribution in [1.82, 2.24) is 0 Å². The molecule has 164 valence electrons. The molecule has 0 aromatic heterocycles. The highest BCUT2D eigenvalue weighted by molar-refractivity contribution is 5.82. The molecule has 0 saturated carbocycles. The van der Waals surface area contributed by atoms with E-state index in [4.69, 9.17) is 9.47 Å². The molecule has 0 aliphatic carbocycles. The minimum Gasteiger partial charge on any atom is -0.490 e. The molecule has 3 aromatic rings. The highest BCUT2D eigenvalue weighted by atomic mass is 16.6. The molecule has 0 heterocycles. The lowest BCUT2D eigenvalue weighted by Crippen LogP contribution is -2.01. The molecule has 0 amide bonds. The van der Waals surface area contributed by atoms with Gasteiger partial charge in [0, 0.05) is 6.07 Å². The zero-order valence-corrected chi connectivity index (χ0v) is 17.1. The van der Waals surface area contributed by atoms with E-state index in [9.17, 15) is 20.2 Å². The number of rotatable bonds is 10. The average molecular weight is 436 g/mol. The van der Waals surface area contributed by atoms with E-state index in [1.54, 1.807) is 18.2 Å². The summed E-state index contributed by atoms with van der Waals surface area (Å²) in [5.74, 6) is 1.11. The second kappa shape index (κ2) is 10.5. The molecule has 1 N–H and O–H groups in total. The third kappa shape index (κ3) is 5.79. The lowest BCUT2D eigenvalue weighted by atomic mass is 10.2. The molecular weight excluding hydrogens is 416 g/mol. The number of hydrogen-bond donors (Lipinski definition) is 1. The van der Waals surface area contributed by atoms with Gasteiger partial charge in [0.2, 0.25) is 0 Å². The molecule has 0 aliphatic rings. The number of hydrazone groups is 1. The van der Waals surface area contributed by atoms with Crippen molar-refractivity contribution in [2.75, 3.05) is 12.0 Å². The Hall–Kier alpha value is -4.47. The summed E-state index contributed by atoms with van der Waals surface area (Å²) >= 11 is 0. The van der Waals surface area contributed by atoms with Crippen LogP contribution in [-0.4, -0.2) is 22.7 Å². The molecule has 32 heavy (non-hydrogen) atoms. The summed E-state index contributed by atoms with van der Waals surface area (Å²) in [6.07, 6.45) is 1.45. The topological polar surface area (TPSA) is 129 Å². The first-order chi connectivity index (χ1) is 15.5. The van der Waals surface area contributed by atoms with Gasteiger partial charge in [-0.2, -0.15) is 5.10 Å². The number of non-ortho nitro benzene ring substituents is 1. The van der Waals surface area contributed by atoms with Crippen LogP contribution >= 0.6 is 0 Å². The number of nitro groups is 2. The van der Waals surface area contributed by atoms with E-state index in [1.165, 1.54) is 12.3 Å². The second-order valence-electron chi connectivity index (χ2n) is 6.50. The fraction of sp³-hybridized carbons (Fsp3) is 0.136. The van der Waals surface area contributed by atoms with Gasteiger partial charge in [-0.05, 0) is 42.3 Å². The molecule has 0 saturated heterocycles. The number of nitrogens with one attached hydrogen (secondary N) is 1. The van der Waals surface area contributed by atoms with Gasteiger partial charge in [0.15, 0.2) is 11.5 Å². The number of nitrogens with zero attached hydrogens (tertiary/aromatic N) is 3. The molecule has 0 atom stereocenters. The first kappa shape index (κ1) is 22.2. The zero-order chi connectivity index (χ0) is 22.9. The van der Waals surface area contributed by atoms with Crippen molar-refractivity contribution in [1.29, 1.82) is 0 Å². The van der Waals surface area contributed by atoms with Gasteiger partial charge in [0.05, 0.1) is 28.7 Å². The summed E-state index contributed by atoms with van der Waals surface area (Å²) in [6, 6.07) is 18.3. The third-order valence-corrected chi connectivity index (χ3v) is 4.29. The van der Waals surface area contributed by atoms with Crippen LogP contribution < -0.4 is 14.9 Å². The van der Waals surface area contributed by atoms with Gasteiger partial charge < -0.3 is 9.47 Å². The van der Waals surface area contributed by atoms with E-state index in [-0.39, 0.29) is 11.4 Å². The number of ether oxygens (including phenoxy) is 2. The minimum atomic E-state index is -0.711. The quantitative estimate of drug-likeness (QED) is 0.271. The van der Waals surface area contributed by atoms with Gasteiger partial charge in [-0.25, -0.2) is 0 Å². The molecule has 0 bridgehead atoms. The summed E-state index contributed by atoms with van der Waals surface area (Å²) in [4.78, 5) is 20.6. The molecular formula is C22H20N4O6. The fourth-order valence-corrected chi connectivity index (χ4v) is 2.78. The second-order valence-corrected chi connectivity index (χ2v) is 6.50. The Kier molecular flexibility index (Phi) is 7.31. The summed E-state index contributed by atoms with van der Waals surface area (Å²) in [5.41, 5.74) is 3.45. The Morgan fingerprint density at radius 2 is 1.72 bits per heavy atom. The minimum absolute atomic E-state index is 0.0321. The van der Waals surface area contributed by atoms with Gasteiger partial charge in [-0.15, -0.1) is 0 Å². The van der Waals surface area contributed by atoms with Gasteiger partial charge in [-0.3, -0.25) is 25.7 Å². The molecule has 0 radical (unpaired) electrons. The van der Waals surface area contributed by atoms with Crippen molar-refractivity contribution in [3.05, 3.63) is 98.1 Å². The molecule has 0 aliphatic heterocycles. The molecule has 0 unspecified atom stereocenters. The van der Waals surface area contributed by atoms with Crippen LogP contribution in [0.15, 0.2) is 71.8 Å². The highest BCUT2D eigenvalue weighted by Crippen LogP contribution is 2.30. The number of nitro benzene ring substituents is 2. The van der Waals surface area contributed by atoms with Crippen LogP contribution in [0, 0.1) is 20.2 Å². The Bertz CT molecular complexity index is 1130. The standard InChI is InChI=1S/C22H20N4O6/c1-2-31-22-12-17(8-11-21(22)32-15-16-6-4-3-5-7-16)14-23-24-19-10-9-18(25(27)28)13-20(19)26(29)30/h3-14,24H,2,15H2,1H3/b23-14-. The van der Waals surface area contributed by atoms with Crippen molar-refractivity contribution in [3.8, 4) is 11.5 Å². The van der Waals surface area contributed by atoms with Gasteiger partial charge in [0.25, 0.3) is 5.69 Å². The zero-order valence-electron chi connectivity index (χ0n) is 17.1. The summed E-state index contributed by atoms with van der Waals surface area (Å²) in [7, 11) is 0. The highest BCUT2D eigenvalue weighted by Gasteiger charge is 2.19. The Balaban J connectivity index is 1.73. The fourth-order valence-electron chi connectivity index (χ4n) is 2.78. The van der Waals surface area contributed by atoms with Crippen molar-refractivity contribution < 1.29 is 19.3 Å². The lowest BCUT2D eigenvalue weighted by molar-refractivity contribution is -0.393. The monoisotopic (exact) mass is 436 g/mol. The van der Waals surface area contributed by atoms with Crippen molar-refractivity contribution in [3.63, 3.8) is 0 Å². The Labute approximate surface area is 183 Å². The van der Waals surface area contributed by atoms with Crippen LogP contribution in [-0.2, 0) is 6.61 Å². The van der Waals surface area contributed by atoms with Gasteiger partial charge >= 0.3 is 5.69 Å². The van der Waals surface area contributed by atoms with Gasteiger partial charge in [0.1, 0.15) is 12.3 Å². The molecule has 10 heteroatoms. The van der Waals surface area contributed by atoms with Crippen LogP contribution in [0.25, 0.3) is 0 Å². The number of hydrogen-bond acceptors (Lipinski definition) is 8. The van der Waals surface area contributed by atoms with E-state index in [0.29, 0.717) is 30.3 Å². The summed E-state index contributed by atoms with van der Waals surface area (Å²) < 4.78 is 11.5. The maximum atomic E-state index is 11.2. The Morgan fingerprint density at radius 1 is 0.938 bits per heavy atom. The maximum absolute atomic E-state index is 11.2. The Morgan fingerprint density at radius 3 is 2.41 bits per heavy atom. The van der Waals surface area contributed by atoms with Crippen LogP contribution in [0.2, 0.25) is 0 Å². The first-order valence-electron chi connectivity index (χ1n) is 9.63. The lowest BCUT2D eigenvalue weighted by Gasteiger charge is -2.12. The molecule has 3 aromatic carbocycles. The predicted molar refractivity (Wildman–Crippen MR) is 119 cm³/mol. The number of anilines is 1. The molecule has 0 spiro atoms. The molecule has 10 nitrogen and oxygen atoms in total. The van der Waals surface area contributed by atoms with Crippen LogP contribution in [0.4, 0.5) is 17.1 Å². The maximum Gasteiger partial charge on any atom is 0.301 e. The van der Waals surface area contributed by atoms with E-state index in [1.807, 2.05) is 37.3 Å². The molecule has 3 rings (SSSR count). The van der Waals surface area contributed by atoms with Crippen molar-refractivity contribution in [2.24, 2.45) is 5.10 Å². The largest absolute Gasteiger partial charge is 0.490 e. The van der Waals surface area contributed by atoms with Crippen molar-refractivity contribution >= 4 is 23.3 Å². The third-order valence-electron chi connectivity index (χ3n) is 4.29. The van der Waals surface area contributed by atoms with E-state index in [0.717, 1.165) is 17.7 Å². The van der Waals surface area contributed by atoms with E-state index < -0.39 is 15.5 Å². The normalized spacial score (nSPS) is 10.7. The smallest absolute Gasteiger partial charge is 0.301 e.